The summed E-state index contributed by atoms with van der Waals surface area (Å²) in [4.78, 5) is 15.8. The van der Waals surface area contributed by atoms with Gasteiger partial charge in [0, 0.05) is 18.7 Å². The predicted molar refractivity (Wildman–Crippen MR) is 106 cm³/mol. The van der Waals surface area contributed by atoms with E-state index in [1.807, 2.05) is 24.3 Å². The molecule has 3 N–H and O–H groups in total. The van der Waals surface area contributed by atoms with E-state index in [4.69, 9.17) is 10.5 Å². The SMILES string of the molecule is CC1=CSC(C)(Oc2ccc(CNC(=O)c3cccnc3N)cc2)C1C. The average Bonchev–Trinajstić information content (AvgIpc) is 2.89. The summed E-state index contributed by atoms with van der Waals surface area (Å²) in [6.45, 7) is 6.84. The van der Waals surface area contributed by atoms with Crippen molar-refractivity contribution in [3.63, 3.8) is 0 Å². The van der Waals surface area contributed by atoms with Gasteiger partial charge in [-0.1, -0.05) is 36.4 Å². The monoisotopic (exact) mass is 369 g/mol. The van der Waals surface area contributed by atoms with Crippen LogP contribution in [0.1, 0.15) is 36.7 Å². The van der Waals surface area contributed by atoms with Crippen molar-refractivity contribution < 1.29 is 9.53 Å². The Hall–Kier alpha value is -2.47. The lowest BCUT2D eigenvalue weighted by atomic mass is 9.98. The predicted octanol–water partition coefficient (Wildman–Crippen LogP) is 3.98. The minimum absolute atomic E-state index is 0.231. The lowest BCUT2D eigenvalue weighted by Crippen LogP contribution is -2.33. The number of ether oxygens (including phenoxy) is 1. The highest BCUT2D eigenvalue weighted by Crippen LogP contribution is 2.45. The molecular formula is C20H23N3O2S. The molecule has 136 valence electrons. The molecule has 1 aliphatic rings. The van der Waals surface area contributed by atoms with Crippen LogP contribution in [0.4, 0.5) is 5.82 Å². The van der Waals surface area contributed by atoms with Gasteiger partial charge < -0.3 is 15.8 Å². The molecule has 1 aliphatic heterocycles. The van der Waals surface area contributed by atoms with Gasteiger partial charge in [0.2, 0.25) is 0 Å². The van der Waals surface area contributed by atoms with Crippen molar-refractivity contribution in [2.24, 2.45) is 5.92 Å². The Bertz CT molecular complexity index is 835. The van der Waals surface area contributed by atoms with Crippen LogP contribution in [0.5, 0.6) is 5.75 Å². The van der Waals surface area contributed by atoms with Crippen molar-refractivity contribution in [1.29, 1.82) is 0 Å². The van der Waals surface area contributed by atoms with Crippen molar-refractivity contribution in [1.82, 2.24) is 10.3 Å². The molecule has 0 bridgehead atoms. The Kier molecular flexibility index (Phi) is 5.23. The molecule has 2 aromatic rings. The third-order valence-corrected chi connectivity index (χ3v) is 6.12. The maximum absolute atomic E-state index is 12.2. The molecule has 1 aromatic carbocycles. The standard InChI is InChI=1S/C20H23N3O2S/c1-13-12-26-20(3,14(13)2)25-16-8-6-15(7-9-16)11-23-19(24)17-5-4-10-22-18(17)21/h4-10,12,14H,11H2,1-3H3,(H2,21,22)(H,23,24). The number of aromatic nitrogens is 1. The van der Waals surface area contributed by atoms with Crippen molar-refractivity contribution in [2.75, 3.05) is 5.73 Å². The highest BCUT2D eigenvalue weighted by Gasteiger charge is 2.38. The number of nitrogens with two attached hydrogens (primary N) is 1. The van der Waals surface area contributed by atoms with E-state index in [1.165, 1.54) is 5.57 Å². The number of rotatable bonds is 5. The number of hydrogen-bond acceptors (Lipinski definition) is 5. The summed E-state index contributed by atoms with van der Waals surface area (Å²) in [6.07, 6.45) is 1.56. The lowest BCUT2D eigenvalue weighted by molar-refractivity contribution is 0.0951. The third kappa shape index (κ3) is 3.85. The third-order valence-electron chi connectivity index (χ3n) is 4.73. The molecule has 0 aliphatic carbocycles. The normalized spacial score (nSPS) is 22.0. The second-order valence-corrected chi connectivity index (χ2v) is 7.86. The van der Waals surface area contributed by atoms with Crippen LogP contribution in [0, 0.1) is 5.92 Å². The zero-order chi connectivity index (χ0) is 18.7. The Balaban J connectivity index is 1.58. The molecule has 2 atom stereocenters. The van der Waals surface area contributed by atoms with Gasteiger partial charge in [-0.25, -0.2) is 4.98 Å². The van der Waals surface area contributed by atoms with Gasteiger partial charge in [0.1, 0.15) is 11.6 Å². The molecule has 2 heterocycles. The van der Waals surface area contributed by atoms with Gasteiger partial charge in [-0.05, 0) is 49.1 Å². The van der Waals surface area contributed by atoms with E-state index < -0.39 is 0 Å². The number of carbonyl (C=O) groups excluding carboxylic acids is 1. The molecule has 1 amide bonds. The minimum atomic E-state index is -0.280. The number of carbonyl (C=O) groups is 1. The number of amides is 1. The summed E-state index contributed by atoms with van der Waals surface area (Å²) in [5, 5.41) is 5.02. The van der Waals surface area contributed by atoms with E-state index in [0.717, 1.165) is 11.3 Å². The number of pyridine rings is 1. The van der Waals surface area contributed by atoms with Crippen molar-refractivity contribution >= 4 is 23.5 Å². The van der Waals surface area contributed by atoms with Gasteiger partial charge >= 0.3 is 0 Å². The Morgan fingerprint density at radius 3 is 2.69 bits per heavy atom. The smallest absolute Gasteiger partial charge is 0.255 e. The first kappa shape index (κ1) is 18.3. The van der Waals surface area contributed by atoms with E-state index >= 15 is 0 Å². The Labute approximate surface area is 158 Å². The van der Waals surface area contributed by atoms with Crippen LogP contribution in [0.3, 0.4) is 0 Å². The van der Waals surface area contributed by atoms with Crippen LogP contribution in [-0.4, -0.2) is 15.8 Å². The van der Waals surface area contributed by atoms with Gasteiger partial charge in [0.15, 0.2) is 4.93 Å². The first-order chi connectivity index (χ1) is 12.4. The molecule has 26 heavy (non-hydrogen) atoms. The van der Waals surface area contributed by atoms with Gasteiger partial charge in [0.25, 0.3) is 5.91 Å². The van der Waals surface area contributed by atoms with E-state index in [1.54, 1.807) is 30.1 Å². The molecule has 5 nitrogen and oxygen atoms in total. The first-order valence-electron chi connectivity index (χ1n) is 8.50. The Morgan fingerprint density at radius 2 is 2.08 bits per heavy atom. The number of anilines is 1. The van der Waals surface area contributed by atoms with Crippen molar-refractivity contribution in [3.8, 4) is 5.75 Å². The lowest BCUT2D eigenvalue weighted by Gasteiger charge is -2.30. The molecule has 0 saturated carbocycles. The first-order valence-corrected chi connectivity index (χ1v) is 9.38. The molecule has 1 aromatic heterocycles. The molecule has 3 rings (SSSR count). The largest absolute Gasteiger partial charge is 0.476 e. The highest BCUT2D eigenvalue weighted by molar-refractivity contribution is 8.03. The summed E-state index contributed by atoms with van der Waals surface area (Å²) in [6, 6.07) is 11.1. The fraction of sp³-hybridized carbons (Fsp3) is 0.300. The molecule has 0 radical (unpaired) electrons. The summed E-state index contributed by atoms with van der Waals surface area (Å²) in [5.41, 5.74) is 8.44. The fourth-order valence-electron chi connectivity index (χ4n) is 2.74. The van der Waals surface area contributed by atoms with Gasteiger partial charge in [0.05, 0.1) is 5.56 Å². The molecule has 2 unspecified atom stereocenters. The van der Waals surface area contributed by atoms with E-state index in [2.05, 4.69) is 36.5 Å². The second-order valence-electron chi connectivity index (χ2n) is 6.58. The minimum Gasteiger partial charge on any atom is -0.476 e. The van der Waals surface area contributed by atoms with Gasteiger partial charge in [-0.15, -0.1) is 0 Å². The number of nitrogens with one attached hydrogen (secondary N) is 1. The zero-order valence-corrected chi connectivity index (χ0v) is 16.0. The van der Waals surface area contributed by atoms with E-state index in [-0.39, 0.29) is 16.7 Å². The second kappa shape index (κ2) is 7.41. The Morgan fingerprint density at radius 1 is 1.35 bits per heavy atom. The maximum Gasteiger partial charge on any atom is 0.255 e. The van der Waals surface area contributed by atoms with Crippen LogP contribution >= 0.6 is 11.8 Å². The summed E-state index contributed by atoms with van der Waals surface area (Å²) in [5.74, 6) is 1.17. The number of hydrogen-bond donors (Lipinski definition) is 2. The van der Waals surface area contributed by atoms with E-state index in [9.17, 15) is 4.79 Å². The molecule has 0 spiro atoms. The molecule has 0 fully saturated rings. The van der Waals surface area contributed by atoms with E-state index in [0.29, 0.717) is 18.0 Å². The van der Waals surface area contributed by atoms with Crippen LogP contribution < -0.4 is 15.8 Å². The highest BCUT2D eigenvalue weighted by atomic mass is 32.2. The maximum atomic E-state index is 12.2. The molecular weight excluding hydrogens is 346 g/mol. The van der Waals surface area contributed by atoms with Crippen LogP contribution in [0.15, 0.2) is 53.6 Å². The number of benzene rings is 1. The van der Waals surface area contributed by atoms with Gasteiger partial charge in [-0.2, -0.15) is 0 Å². The van der Waals surface area contributed by atoms with Crippen LogP contribution in [0.25, 0.3) is 0 Å². The summed E-state index contributed by atoms with van der Waals surface area (Å²) in [7, 11) is 0. The number of thioether (sulfide) groups is 1. The van der Waals surface area contributed by atoms with Crippen LogP contribution in [0.2, 0.25) is 0 Å². The molecule has 6 heteroatoms. The fourth-order valence-corrected chi connectivity index (χ4v) is 3.89. The average molecular weight is 369 g/mol. The summed E-state index contributed by atoms with van der Waals surface area (Å²) >= 11 is 1.71. The molecule has 0 saturated heterocycles. The summed E-state index contributed by atoms with van der Waals surface area (Å²) < 4.78 is 6.21. The van der Waals surface area contributed by atoms with Crippen LogP contribution in [-0.2, 0) is 6.54 Å². The van der Waals surface area contributed by atoms with Crippen molar-refractivity contribution in [3.05, 3.63) is 64.7 Å². The zero-order valence-electron chi connectivity index (χ0n) is 15.2. The van der Waals surface area contributed by atoms with Gasteiger partial charge in [-0.3, -0.25) is 4.79 Å². The van der Waals surface area contributed by atoms with Crippen molar-refractivity contribution in [2.45, 2.75) is 32.2 Å². The number of nitrogen functional groups attached to an aromatic ring is 1. The topological polar surface area (TPSA) is 77.2 Å². The quantitative estimate of drug-likeness (QED) is 0.834. The number of nitrogens with zero attached hydrogens (tertiary/aromatic N) is 1.